The number of nitrogens with one attached hydrogen (secondary N) is 1. The Bertz CT molecular complexity index is 1020. The minimum Gasteiger partial charge on any atom is -0.339 e. The van der Waals surface area contributed by atoms with Crippen LogP contribution in [0.25, 0.3) is 0 Å². The molecule has 2 aromatic carbocycles. The molecule has 1 aliphatic rings. The molecule has 1 aliphatic heterocycles. The van der Waals surface area contributed by atoms with Gasteiger partial charge < -0.3 is 4.90 Å². The van der Waals surface area contributed by atoms with Crippen LogP contribution in [0.1, 0.15) is 17.5 Å². The van der Waals surface area contributed by atoms with Crippen molar-refractivity contribution in [1.29, 1.82) is 0 Å². The molecule has 32 heavy (non-hydrogen) atoms. The molecule has 1 atom stereocenters. The summed E-state index contributed by atoms with van der Waals surface area (Å²) in [7, 11) is -4.15. The standard InChI is InChI=1S/C23H30FN3O3S2/c1-18-6-5-7-19(16-18)17-26-11-13-27(14-12-26)23(28)21(10-15-31-2)25-32(29,30)22-9-4-3-8-20(22)24/h3-9,16,21,25H,10-15,17H2,1-2H3. The van der Waals surface area contributed by atoms with E-state index in [1.54, 1.807) is 4.90 Å². The van der Waals surface area contributed by atoms with Crippen molar-refractivity contribution < 1.29 is 17.6 Å². The van der Waals surface area contributed by atoms with E-state index in [1.165, 1.54) is 41.1 Å². The number of rotatable bonds is 9. The zero-order valence-electron chi connectivity index (χ0n) is 18.5. The molecule has 0 aliphatic carbocycles. The number of nitrogens with zero attached hydrogens (tertiary/aromatic N) is 2. The fourth-order valence-electron chi connectivity index (χ4n) is 3.80. The molecule has 9 heteroatoms. The minimum atomic E-state index is -4.15. The number of thioether (sulfide) groups is 1. The Balaban J connectivity index is 1.64. The van der Waals surface area contributed by atoms with Gasteiger partial charge in [-0.25, -0.2) is 12.8 Å². The molecule has 174 valence electrons. The van der Waals surface area contributed by atoms with Crippen molar-refractivity contribution in [1.82, 2.24) is 14.5 Å². The summed E-state index contributed by atoms with van der Waals surface area (Å²) >= 11 is 1.53. The van der Waals surface area contributed by atoms with Gasteiger partial charge in [0.25, 0.3) is 0 Å². The molecule has 1 N–H and O–H groups in total. The topological polar surface area (TPSA) is 69.7 Å². The van der Waals surface area contributed by atoms with Crippen LogP contribution in [0.5, 0.6) is 0 Å². The number of hydrogen-bond donors (Lipinski definition) is 1. The summed E-state index contributed by atoms with van der Waals surface area (Å²) in [5.74, 6) is -0.473. The Morgan fingerprint density at radius 1 is 1.12 bits per heavy atom. The third-order valence-corrected chi connectivity index (χ3v) is 7.65. The molecule has 0 spiro atoms. The van der Waals surface area contributed by atoms with E-state index in [-0.39, 0.29) is 5.91 Å². The van der Waals surface area contributed by atoms with Crippen molar-refractivity contribution in [2.24, 2.45) is 0 Å². The lowest BCUT2D eigenvalue weighted by Crippen LogP contribution is -2.54. The highest BCUT2D eigenvalue weighted by Crippen LogP contribution is 2.17. The molecule has 0 bridgehead atoms. The first-order chi connectivity index (χ1) is 15.3. The van der Waals surface area contributed by atoms with Crippen LogP contribution in [0.4, 0.5) is 4.39 Å². The Labute approximate surface area is 194 Å². The Hall–Kier alpha value is -1.94. The largest absolute Gasteiger partial charge is 0.339 e. The monoisotopic (exact) mass is 479 g/mol. The molecule has 3 rings (SSSR count). The maximum Gasteiger partial charge on any atom is 0.244 e. The van der Waals surface area contributed by atoms with Crippen LogP contribution < -0.4 is 4.72 Å². The quantitative estimate of drug-likeness (QED) is 0.599. The average Bonchev–Trinajstić information content (AvgIpc) is 2.77. The molecular weight excluding hydrogens is 449 g/mol. The fourth-order valence-corrected chi connectivity index (χ4v) is 5.57. The summed E-state index contributed by atoms with van der Waals surface area (Å²) in [6.07, 6.45) is 2.24. The highest BCUT2D eigenvalue weighted by atomic mass is 32.2. The SMILES string of the molecule is CSCCC(NS(=O)(=O)c1ccccc1F)C(=O)N1CCN(Cc2cccc(C)c2)CC1. The van der Waals surface area contributed by atoms with Gasteiger partial charge in [-0.2, -0.15) is 16.5 Å². The van der Waals surface area contributed by atoms with Crippen LogP contribution in [0.3, 0.4) is 0 Å². The van der Waals surface area contributed by atoms with E-state index in [9.17, 15) is 17.6 Å². The van der Waals surface area contributed by atoms with Gasteiger partial charge in [-0.05, 0) is 43.0 Å². The highest BCUT2D eigenvalue weighted by molar-refractivity contribution is 7.98. The highest BCUT2D eigenvalue weighted by Gasteiger charge is 2.31. The third-order valence-electron chi connectivity index (χ3n) is 5.50. The second-order valence-electron chi connectivity index (χ2n) is 7.98. The lowest BCUT2D eigenvalue weighted by atomic mass is 10.1. The molecule has 0 radical (unpaired) electrons. The number of sulfonamides is 1. The van der Waals surface area contributed by atoms with Gasteiger partial charge in [0.15, 0.2) is 0 Å². The second-order valence-corrected chi connectivity index (χ2v) is 10.6. The summed E-state index contributed by atoms with van der Waals surface area (Å²) in [4.78, 5) is 16.7. The van der Waals surface area contributed by atoms with E-state index in [1.807, 2.05) is 12.3 Å². The number of amides is 1. The number of hydrogen-bond acceptors (Lipinski definition) is 5. The van der Waals surface area contributed by atoms with Crippen LogP contribution in [0.2, 0.25) is 0 Å². The average molecular weight is 480 g/mol. The van der Waals surface area contributed by atoms with Crippen molar-refractivity contribution in [3.05, 3.63) is 65.5 Å². The summed E-state index contributed by atoms with van der Waals surface area (Å²) in [6, 6.07) is 12.6. The van der Waals surface area contributed by atoms with Gasteiger partial charge in [0.05, 0.1) is 0 Å². The van der Waals surface area contributed by atoms with Crippen LogP contribution in [0, 0.1) is 12.7 Å². The number of aryl methyl sites for hydroxylation is 1. The molecule has 1 unspecified atom stereocenters. The van der Waals surface area contributed by atoms with Crippen molar-refractivity contribution in [3.8, 4) is 0 Å². The molecule has 1 saturated heterocycles. The molecule has 6 nitrogen and oxygen atoms in total. The Kier molecular flexibility index (Phi) is 8.70. The first-order valence-corrected chi connectivity index (χ1v) is 13.5. The van der Waals surface area contributed by atoms with Crippen molar-refractivity contribution >= 4 is 27.7 Å². The van der Waals surface area contributed by atoms with Crippen molar-refractivity contribution in [2.45, 2.75) is 30.8 Å². The normalized spacial score (nSPS) is 16.2. The maximum atomic E-state index is 14.1. The molecule has 1 heterocycles. The summed E-state index contributed by atoms with van der Waals surface area (Å²) in [5, 5.41) is 0. The number of carbonyl (C=O) groups is 1. The second kappa shape index (κ2) is 11.3. The fraction of sp³-hybridized carbons (Fsp3) is 0.435. The molecule has 0 saturated carbocycles. The third kappa shape index (κ3) is 6.54. The van der Waals surface area contributed by atoms with Crippen LogP contribution >= 0.6 is 11.8 Å². The Morgan fingerprint density at radius 2 is 1.84 bits per heavy atom. The summed E-state index contributed by atoms with van der Waals surface area (Å²) < 4.78 is 42.0. The van der Waals surface area contributed by atoms with Crippen molar-refractivity contribution in [3.63, 3.8) is 0 Å². The number of carbonyl (C=O) groups excluding carboxylic acids is 1. The zero-order chi connectivity index (χ0) is 23.1. The maximum absolute atomic E-state index is 14.1. The predicted molar refractivity (Wildman–Crippen MR) is 127 cm³/mol. The molecule has 0 aromatic heterocycles. The van der Waals surface area contributed by atoms with E-state index in [0.29, 0.717) is 25.3 Å². The van der Waals surface area contributed by atoms with Crippen LogP contribution in [-0.2, 0) is 21.4 Å². The first-order valence-electron chi connectivity index (χ1n) is 10.6. The van der Waals surface area contributed by atoms with Gasteiger partial charge in [-0.1, -0.05) is 42.0 Å². The van der Waals surface area contributed by atoms with E-state index < -0.39 is 26.8 Å². The van der Waals surface area contributed by atoms with Gasteiger partial charge in [-0.3, -0.25) is 9.69 Å². The molecule has 1 amide bonds. The zero-order valence-corrected chi connectivity index (χ0v) is 20.1. The van der Waals surface area contributed by atoms with Gasteiger partial charge in [-0.15, -0.1) is 0 Å². The van der Waals surface area contributed by atoms with Gasteiger partial charge in [0.1, 0.15) is 16.8 Å². The minimum absolute atomic E-state index is 0.255. The van der Waals surface area contributed by atoms with Gasteiger partial charge >= 0.3 is 0 Å². The Morgan fingerprint density at radius 3 is 2.50 bits per heavy atom. The molecule has 1 fully saturated rings. The predicted octanol–water partition coefficient (Wildman–Crippen LogP) is 2.88. The van der Waals surface area contributed by atoms with Crippen LogP contribution in [-0.4, -0.2) is 68.4 Å². The van der Waals surface area contributed by atoms with E-state index in [4.69, 9.17) is 0 Å². The van der Waals surface area contributed by atoms with Gasteiger partial charge in [0.2, 0.25) is 15.9 Å². The smallest absolute Gasteiger partial charge is 0.244 e. The number of halogens is 1. The van der Waals surface area contributed by atoms with E-state index in [0.717, 1.165) is 25.7 Å². The lowest BCUT2D eigenvalue weighted by molar-refractivity contribution is -0.134. The summed E-state index contributed by atoms with van der Waals surface area (Å²) in [5.41, 5.74) is 2.45. The van der Waals surface area contributed by atoms with Gasteiger partial charge in [0, 0.05) is 32.7 Å². The van der Waals surface area contributed by atoms with E-state index in [2.05, 4.69) is 34.7 Å². The molecule has 2 aromatic rings. The van der Waals surface area contributed by atoms with Crippen LogP contribution in [0.15, 0.2) is 53.4 Å². The first kappa shape index (κ1) is 24.7. The lowest BCUT2D eigenvalue weighted by Gasteiger charge is -2.36. The summed E-state index contributed by atoms with van der Waals surface area (Å²) in [6.45, 7) is 5.38. The number of piperazine rings is 1. The van der Waals surface area contributed by atoms with E-state index >= 15 is 0 Å². The molecular formula is C23H30FN3O3S2. The van der Waals surface area contributed by atoms with Crippen molar-refractivity contribution in [2.75, 3.05) is 38.2 Å². The number of benzene rings is 2.